The predicted molar refractivity (Wildman–Crippen MR) is 117 cm³/mol. The van der Waals surface area contributed by atoms with Crippen molar-refractivity contribution in [2.24, 2.45) is 7.05 Å². The molecule has 0 spiro atoms. The maximum Gasteiger partial charge on any atom is 0.254 e. The summed E-state index contributed by atoms with van der Waals surface area (Å²) in [5.74, 6) is 0.994. The van der Waals surface area contributed by atoms with E-state index in [1.54, 1.807) is 6.20 Å². The van der Waals surface area contributed by atoms with Crippen molar-refractivity contribution in [2.75, 3.05) is 45.9 Å². The standard InChI is InChI=1S/C20H27N5O2.2ClH/c1-23-7-6-22-19(23)18-14-21-5-8-25(18)20(26)17-4-2-3-16(13-17)15-24-9-11-27-12-10-24;;/h2-4,6-7,13,18,21H,5,8-12,14-15H2,1H3;2*1H. The number of aromatic nitrogens is 2. The second kappa shape index (κ2) is 10.9. The van der Waals surface area contributed by atoms with E-state index in [0.717, 1.165) is 57.3 Å². The van der Waals surface area contributed by atoms with Crippen LogP contribution < -0.4 is 5.32 Å². The second-order valence-electron chi connectivity index (χ2n) is 7.20. The number of amides is 1. The average Bonchev–Trinajstić information content (AvgIpc) is 3.14. The molecular weight excluding hydrogens is 413 g/mol. The number of benzene rings is 1. The van der Waals surface area contributed by atoms with Gasteiger partial charge in [-0.1, -0.05) is 12.1 Å². The molecule has 2 fully saturated rings. The Morgan fingerprint density at radius 2 is 2.03 bits per heavy atom. The van der Waals surface area contributed by atoms with E-state index < -0.39 is 0 Å². The number of hydrogen-bond donors (Lipinski definition) is 1. The Bertz CT molecular complexity index is 795. The molecule has 1 aromatic heterocycles. The normalized spacial score (nSPS) is 19.9. The van der Waals surface area contributed by atoms with Crippen LogP contribution in [0.4, 0.5) is 0 Å². The maximum atomic E-state index is 13.3. The summed E-state index contributed by atoms with van der Waals surface area (Å²) in [6.07, 6.45) is 3.71. The quantitative estimate of drug-likeness (QED) is 0.784. The molecule has 9 heteroatoms. The highest BCUT2D eigenvalue weighted by molar-refractivity contribution is 5.94. The van der Waals surface area contributed by atoms with Gasteiger partial charge >= 0.3 is 0 Å². The molecule has 0 saturated carbocycles. The molecule has 160 valence electrons. The highest BCUT2D eigenvalue weighted by Crippen LogP contribution is 2.23. The van der Waals surface area contributed by atoms with E-state index in [0.29, 0.717) is 6.54 Å². The van der Waals surface area contributed by atoms with E-state index in [1.165, 1.54) is 5.56 Å². The van der Waals surface area contributed by atoms with E-state index in [2.05, 4.69) is 21.3 Å². The topological polar surface area (TPSA) is 62.6 Å². The van der Waals surface area contributed by atoms with E-state index in [4.69, 9.17) is 4.74 Å². The number of morpholine rings is 1. The van der Waals surface area contributed by atoms with Crippen molar-refractivity contribution in [3.8, 4) is 0 Å². The minimum Gasteiger partial charge on any atom is -0.379 e. The summed E-state index contributed by atoms with van der Waals surface area (Å²) >= 11 is 0. The van der Waals surface area contributed by atoms with Crippen molar-refractivity contribution >= 4 is 30.7 Å². The third-order valence-electron chi connectivity index (χ3n) is 5.34. The van der Waals surface area contributed by atoms with Gasteiger partial charge < -0.3 is 19.5 Å². The van der Waals surface area contributed by atoms with Crippen LogP contribution in [0, 0.1) is 0 Å². The highest BCUT2D eigenvalue weighted by Gasteiger charge is 2.31. The first-order valence-corrected chi connectivity index (χ1v) is 9.60. The first-order chi connectivity index (χ1) is 13.2. The zero-order chi connectivity index (χ0) is 18.6. The van der Waals surface area contributed by atoms with Crippen LogP contribution >= 0.6 is 24.8 Å². The number of halogens is 2. The molecule has 1 N–H and O–H groups in total. The van der Waals surface area contributed by atoms with E-state index in [-0.39, 0.29) is 36.8 Å². The Morgan fingerprint density at radius 3 is 2.76 bits per heavy atom. The fourth-order valence-electron chi connectivity index (χ4n) is 3.86. The van der Waals surface area contributed by atoms with Crippen LogP contribution in [0.3, 0.4) is 0 Å². The lowest BCUT2D eigenvalue weighted by Crippen LogP contribution is -2.49. The molecule has 7 nitrogen and oxygen atoms in total. The molecule has 3 heterocycles. The lowest BCUT2D eigenvalue weighted by atomic mass is 10.1. The van der Waals surface area contributed by atoms with Gasteiger partial charge in [0.15, 0.2) is 0 Å². The number of nitrogens with one attached hydrogen (secondary N) is 1. The van der Waals surface area contributed by atoms with Crippen molar-refractivity contribution in [2.45, 2.75) is 12.6 Å². The van der Waals surface area contributed by atoms with Crippen molar-refractivity contribution in [3.05, 3.63) is 53.6 Å². The van der Waals surface area contributed by atoms with Gasteiger partial charge in [0.25, 0.3) is 5.91 Å². The predicted octanol–water partition coefficient (Wildman–Crippen LogP) is 1.88. The Morgan fingerprint density at radius 1 is 1.24 bits per heavy atom. The molecule has 29 heavy (non-hydrogen) atoms. The smallest absolute Gasteiger partial charge is 0.254 e. The Hall–Kier alpha value is -1.64. The zero-order valence-corrected chi connectivity index (χ0v) is 18.3. The molecule has 1 unspecified atom stereocenters. The number of carbonyl (C=O) groups excluding carboxylic acids is 1. The van der Waals surface area contributed by atoms with Gasteiger partial charge in [0.2, 0.25) is 0 Å². The second-order valence-corrected chi connectivity index (χ2v) is 7.20. The van der Waals surface area contributed by atoms with Gasteiger partial charge in [-0.15, -0.1) is 24.8 Å². The molecule has 2 aliphatic rings. The van der Waals surface area contributed by atoms with Crippen LogP contribution in [0.5, 0.6) is 0 Å². The summed E-state index contributed by atoms with van der Waals surface area (Å²) in [5, 5.41) is 3.39. The van der Waals surface area contributed by atoms with Crippen LogP contribution in [-0.4, -0.2) is 71.2 Å². The lowest BCUT2D eigenvalue weighted by Gasteiger charge is -2.36. The number of hydrogen-bond acceptors (Lipinski definition) is 5. The van der Waals surface area contributed by atoms with E-state index in [9.17, 15) is 4.79 Å². The molecule has 1 aromatic carbocycles. The number of carbonyl (C=O) groups is 1. The van der Waals surface area contributed by atoms with Gasteiger partial charge in [0, 0.05) is 64.3 Å². The van der Waals surface area contributed by atoms with Crippen LogP contribution in [0.15, 0.2) is 36.7 Å². The van der Waals surface area contributed by atoms with E-state index in [1.807, 2.05) is 40.9 Å². The van der Waals surface area contributed by atoms with E-state index >= 15 is 0 Å². The minimum atomic E-state index is -0.0471. The number of imidazole rings is 1. The molecule has 4 rings (SSSR count). The minimum absolute atomic E-state index is 0. The van der Waals surface area contributed by atoms with Crippen LogP contribution in [0.2, 0.25) is 0 Å². The number of nitrogens with zero attached hydrogens (tertiary/aromatic N) is 4. The third kappa shape index (κ3) is 5.49. The molecule has 2 saturated heterocycles. The largest absolute Gasteiger partial charge is 0.379 e. The van der Waals surface area contributed by atoms with Crippen molar-refractivity contribution in [1.29, 1.82) is 0 Å². The Labute approximate surface area is 184 Å². The molecule has 0 bridgehead atoms. The monoisotopic (exact) mass is 441 g/mol. The van der Waals surface area contributed by atoms with Crippen molar-refractivity contribution < 1.29 is 9.53 Å². The first kappa shape index (κ1) is 23.6. The molecule has 1 atom stereocenters. The van der Waals surface area contributed by atoms with Gasteiger partial charge in [0.05, 0.1) is 13.2 Å². The van der Waals surface area contributed by atoms with Gasteiger partial charge in [-0.2, -0.15) is 0 Å². The fraction of sp³-hybridized carbons (Fsp3) is 0.500. The summed E-state index contributed by atoms with van der Waals surface area (Å²) in [7, 11) is 1.97. The van der Waals surface area contributed by atoms with Crippen LogP contribution in [0.1, 0.15) is 27.8 Å². The number of piperazine rings is 1. The molecule has 0 radical (unpaired) electrons. The molecule has 0 aliphatic carbocycles. The maximum absolute atomic E-state index is 13.3. The van der Waals surface area contributed by atoms with Crippen molar-refractivity contribution in [1.82, 2.24) is 24.7 Å². The number of aryl methyl sites for hydroxylation is 1. The zero-order valence-electron chi connectivity index (χ0n) is 16.6. The summed E-state index contributed by atoms with van der Waals surface area (Å²) < 4.78 is 7.41. The van der Waals surface area contributed by atoms with Crippen molar-refractivity contribution in [3.63, 3.8) is 0 Å². The fourth-order valence-corrected chi connectivity index (χ4v) is 3.86. The Balaban J connectivity index is 0.00000150. The molecule has 2 aliphatic heterocycles. The third-order valence-corrected chi connectivity index (χ3v) is 5.34. The molecular formula is C20H29Cl2N5O2. The molecule has 2 aromatic rings. The molecule has 1 amide bonds. The summed E-state index contributed by atoms with van der Waals surface area (Å²) in [6.45, 7) is 6.52. The number of rotatable bonds is 4. The first-order valence-electron chi connectivity index (χ1n) is 9.60. The summed E-state index contributed by atoms with van der Waals surface area (Å²) in [5.41, 5.74) is 1.92. The van der Waals surface area contributed by atoms with Crippen LogP contribution in [0.25, 0.3) is 0 Å². The van der Waals surface area contributed by atoms with Crippen LogP contribution in [-0.2, 0) is 18.3 Å². The summed E-state index contributed by atoms with van der Waals surface area (Å²) in [6, 6.07) is 7.99. The van der Waals surface area contributed by atoms with Gasteiger partial charge in [-0.3, -0.25) is 9.69 Å². The van der Waals surface area contributed by atoms with Gasteiger partial charge in [-0.25, -0.2) is 4.98 Å². The van der Waals surface area contributed by atoms with Gasteiger partial charge in [-0.05, 0) is 17.7 Å². The SMILES string of the molecule is Cl.Cl.Cn1ccnc1C1CNCCN1C(=O)c1cccc(CN2CCOCC2)c1. The highest BCUT2D eigenvalue weighted by atomic mass is 35.5. The average molecular weight is 442 g/mol. The number of ether oxygens (including phenoxy) is 1. The summed E-state index contributed by atoms with van der Waals surface area (Å²) in [4.78, 5) is 22.1. The lowest BCUT2D eigenvalue weighted by molar-refractivity contribution is 0.0341. The Kier molecular flexibility index (Phi) is 8.92. The van der Waals surface area contributed by atoms with Gasteiger partial charge in [0.1, 0.15) is 11.9 Å².